The number of fused-ring (bicyclic) bond motifs is 1. The Hall–Kier alpha value is -4.96. The quantitative estimate of drug-likeness (QED) is 0.377. The van der Waals surface area contributed by atoms with Crippen LogP contribution in [0.15, 0.2) is 97.6 Å². The number of benzene rings is 3. The number of nitriles is 1. The number of rotatable bonds is 7. The number of pyridine rings is 1. The molecule has 1 amide bonds. The number of nitrogens with zero attached hydrogens (tertiary/aromatic N) is 4. The van der Waals surface area contributed by atoms with Gasteiger partial charge in [-0.2, -0.15) is 5.26 Å². The topological polar surface area (TPSA) is 92.8 Å². The van der Waals surface area contributed by atoms with Crippen molar-refractivity contribution >= 4 is 16.9 Å². The van der Waals surface area contributed by atoms with Gasteiger partial charge in [0.05, 0.1) is 28.4 Å². The molecule has 0 unspecified atom stereocenters. The number of ether oxygens (including phenoxy) is 1. The van der Waals surface area contributed by atoms with Crippen LogP contribution in [0.3, 0.4) is 0 Å². The van der Waals surface area contributed by atoms with E-state index in [-0.39, 0.29) is 5.91 Å². The summed E-state index contributed by atoms with van der Waals surface area (Å²) in [4.78, 5) is 21.2. The summed E-state index contributed by atoms with van der Waals surface area (Å²) in [5, 5.41) is 11.8. The van der Waals surface area contributed by atoms with Crippen LogP contribution < -0.4 is 10.1 Å². The van der Waals surface area contributed by atoms with Crippen molar-refractivity contribution in [2.24, 2.45) is 0 Å². The van der Waals surface area contributed by atoms with Gasteiger partial charge in [-0.3, -0.25) is 14.3 Å². The van der Waals surface area contributed by atoms with E-state index in [1.54, 1.807) is 43.0 Å². The maximum Gasteiger partial charge on any atom is 0.251 e. The van der Waals surface area contributed by atoms with Gasteiger partial charge in [-0.05, 0) is 59.7 Å². The Bertz CT molecular complexity index is 1520. The molecule has 3 aromatic carbocycles. The van der Waals surface area contributed by atoms with Crippen molar-refractivity contribution in [2.45, 2.75) is 13.2 Å². The highest BCUT2D eigenvalue weighted by atomic mass is 16.5. The molecule has 0 bridgehead atoms. The minimum absolute atomic E-state index is 0.163. The Morgan fingerprint density at radius 2 is 1.89 bits per heavy atom. The van der Waals surface area contributed by atoms with E-state index in [1.807, 2.05) is 59.2 Å². The first-order valence-corrected chi connectivity index (χ1v) is 11.1. The number of aromatic nitrogens is 3. The number of amides is 1. The zero-order valence-electron chi connectivity index (χ0n) is 18.8. The van der Waals surface area contributed by atoms with Gasteiger partial charge >= 0.3 is 0 Å². The predicted octanol–water partition coefficient (Wildman–Crippen LogP) is 4.80. The molecule has 1 N–H and O–H groups in total. The van der Waals surface area contributed by atoms with Gasteiger partial charge in [0.15, 0.2) is 0 Å². The second-order valence-electron chi connectivity index (χ2n) is 7.96. The first kappa shape index (κ1) is 21.9. The highest BCUT2D eigenvalue weighted by molar-refractivity contribution is 5.97. The number of carbonyl (C=O) groups is 1. The normalized spacial score (nSPS) is 10.6. The molecule has 0 fully saturated rings. The summed E-state index contributed by atoms with van der Waals surface area (Å²) in [6.07, 6.45) is 5.17. The smallest absolute Gasteiger partial charge is 0.251 e. The molecule has 7 heteroatoms. The maximum atomic E-state index is 12.6. The standard InChI is InChI=1S/C28H21N5O2/c29-15-20-6-8-21(9-7-20)18-35-25-5-1-4-24(14-25)33-19-32-26-13-23(10-11-27(26)33)28(34)31-17-22-3-2-12-30-16-22/h1-14,16,19H,17-18H2,(H,31,34). The van der Waals surface area contributed by atoms with Gasteiger partial charge in [0.1, 0.15) is 18.7 Å². The van der Waals surface area contributed by atoms with Crippen LogP contribution in [-0.4, -0.2) is 20.4 Å². The van der Waals surface area contributed by atoms with E-state index in [9.17, 15) is 4.79 Å². The molecule has 35 heavy (non-hydrogen) atoms. The van der Waals surface area contributed by atoms with Crippen molar-refractivity contribution in [2.75, 3.05) is 0 Å². The summed E-state index contributed by atoms with van der Waals surface area (Å²) >= 11 is 0. The maximum absolute atomic E-state index is 12.6. The predicted molar refractivity (Wildman–Crippen MR) is 132 cm³/mol. The molecule has 0 aliphatic heterocycles. The molecule has 0 aliphatic rings. The minimum Gasteiger partial charge on any atom is -0.489 e. The Kier molecular flexibility index (Phi) is 6.18. The van der Waals surface area contributed by atoms with Gasteiger partial charge < -0.3 is 10.1 Å². The van der Waals surface area contributed by atoms with Crippen LogP contribution in [0.4, 0.5) is 0 Å². The Labute approximate surface area is 202 Å². The molecule has 7 nitrogen and oxygen atoms in total. The van der Waals surface area contributed by atoms with Crippen LogP contribution in [0.5, 0.6) is 5.75 Å². The van der Waals surface area contributed by atoms with Gasteiger partial charge in [-0.15, -0.1) is 0 Å². The van der Waals surface area contributed by atoms with Gasteiger partial charge in [0, 0.05) is 30.6 Å². The monoisotopic (exact) mass is 459 g/mol. The fourth-order valence-corrected chi connectivity index (χ4v) is 3.71. The lowest BCUT2D eigenvalue weighted by Crippen LogP contribution is -2.22. The van der Waals surface area contributed by atoms with Crippen LogP contribution in [-0.2, 0) is 13.2 Å². The number of nitrogens with one attached hydrogen (secondary N) is 1. The molecule has 5 rings (SSSR count). The molecule has 2 heterocycles. The van der Waals surface area contributed by atoms with Crippen LogP contribution >= 0.6 is 0 Å². The van der Waals surface area contributed by atoms with E-state index in [0.717, 1.165) is 33.6 Å². The van der Waals surface area contributed by atoms with Crippen molar-refractivity contribution in [3.05, 3.63) is 120 Å². The second-order valence-corrected chi connectivity index (χ2v) is 7.96. The van der Waals surface area contributed by atoms with Crippen molar-refractivity contribution in [3.8, 4) is 17.5 Å². The van der Waals surface area contributed by atoms with E-state index < -0.39 is 0 Å². The third-order valence-electron chi connectivity index (χ3n) is 5.57. The fourth-order valence-electron chi connectivity index (χ4n) is 3.71. The first-order valence-electron chi connectivity index (χ1n) is 11.1. The molecule has 2 aromatic heterocycles. The average Bonchev–Trinajstić information content (AvgIpc) is 3.35. The van der Waals surface area contributed by atoms with E-state index in [2.05, 4.69) is 21.4 Å². The van der Waals surface area contributed by atoms with Crippen molar-refractivity contribution < 1.29 is 9.53 Å². The Morgan fingerprint density at radius 1 is 1.00 bits per heavy atom. The molecule has 5 aromatic rings. The number of imidazole rings is 1. The van der Waals surface area contributed by atoms with Gasteiger partial charge in [0.2, 0.25) is 0 Å². The number of carbonyl (C=O) groups excluding carboxylic acids is 1. The molecule has 0 radical (unpaired) electrons. The highest BCUT2D eigenvalue weighted by Gasteiger charge is 2.11. The summed E-state index contributed by atoms with van der Waals surface area (Å²) in [5.41, 5.74) is 5.60. The molecule has 0 saturated carbocycles. The van der Waals surface area contributed by atoms with Gasteiger partial charge in [-0.25, -0.2) is 4.98 Å². The minimum atomic E-state index is -0.163. The van der Waals surface area contributed by atoms with Gasteiger partial charge in [-0.1, -0.05) is 24.3 Å². The first-order chi connectivity index (χ1) is 17.2. The van der Waals surface area contributed by atoms with Crippen molar-refractivity contribution in [3.63, 3.8) is 0 Å². The lowest BCUT2D eigenvalue weighted by Gasteiger charge is -2.10. The molecular formula is C28H21N5O2. The summed E-state index contributed by atoms with van der Waals surface area (Å²) in [5.74, 6) is 0.559. The molecular weight excluding hydrogens is 438 g/mol. The van der Waals surface area contributed by atoms with Crippen LogP contribution in [0.1, 0.15) is 27.0 Å². The van der Waals surface area contributed by atoms with Gasteiger partial charge in [0.25, 0.3) is 5.91 Å². The van der Waals surface area contributed by atoms with Crippen LogP contribution in [0.2, 0.25) is 0 Å². The lowest BCUT2D eigenvalue weighted by atomic mass is 10.1. The molecule has 0 spiro atoms. The molecule has 0 saturated heterocycles. The van der Waals surface area contributed by atoms with Crippen LogP contribution in [0, 0.1) is 11.3 Å². The average molecular weight is 460 g/mol. The van der Waals surface area contributed by atoms with Crippen LogP contribution in [0.25, 0.3) is 16.7 Å². The zero-order valence-corrected chi connectivity index (χ0v) is 18.8. The molecule has 0 aliphatic carbocycles. The third-order valence-corrected chi connectivity index (χ3v) is 5.57. The summed E-state index contributed by atoms with van der Waals surface area (Å²) in [7, 11) is 0. The summed E-state index contributed by atoms with van der Waals surface area (Å²) < 4.78 is 7.92. The van der Waals surface area contributed by atoms with E-state index in [0.29, 0.717) is 24.3 Å². The Balaban J connectivity index is 1.30. The van der Waals surface area contributed by atoms with E-state index in [1.165, 1.54) is 0 Å². The zero-order chi connectivity index (χ0) is 24.0. The lowest BCUT2D eigenvalue weighted by molar-refractivity contribution is 0.0951. The summed E-state index contributed by atoms with van der Waals surface area (Å²) in [6, 6.07) is 26.4. The second kappa shape index (κ2) is 9.89. The van der Waals surface area contributed by atoms with Crippen molar-refractivity contribution in [1.82, 2.24) is 19.9 Å². The molecule has 0 atom stereocenters. The third kappa shape index (κ3) is 5.02. The largest absolute Gasteiger partial charge is 0.489 e. The summed E-state index contributed by atoms with van der Waals surface area (Å²) in [6.45, 7) is 0.811. The SMILES string of the molecule is N#Cc1ccc(COc2cccc(-n3cnc4cc(C(=O)NCc5cccnc5)ccc43)c2)cc1. The fraction of sp³-hybridized carbons (Fsp3) is 0.0714. The number of hydrogen-bond acceptors (Lipinski definition) is 5. The molecule has 170 valence electrons. The number of hydrogen-bond donors (Lipinski definition) is 1. The Morgan fingerprint density at radius 3 is 2.69 bits per heavy atom. The highest BCUT2D eigenvalue weighted by Crippen LogP contribution is 2.23. The van der Waals surface area contributed by atoms with E-state index >= 15 is 0 Å². The van der Waals surface area contributed by atoms with E-state index in [4.69, 9.17) is 10.00 Å². The van der Waals surface area contributed by atoms with Crippen molar-refractivity contribution in [1.29, 1.82) is 5.26 Å².